The van der Waals surface area contributed by atoms with Gasteiger partial charge in [0.05, 0.1) is 0 Å². The molecule has 0 aromatic rings. The Balaban J connectivity index is 2.59. The first-order chi connectivity index (χ1) is 20.9. The highest BCUT2D eigenvalue weighted by atomic mass is 16.2. The van der Waals surface area contributed by atoms with E-state index in [1.54, 1.807) is 153 Å². The highest BCUT2D eigenvalue weighted by Gasteiger charge is 2.67. The number of rotatable bonds is 10. The normalized spacial score (nSPS) is 30.2. The molecule has 0 atom stereocenters. The highest BCUT2D eigenvalue weighted by Crippen LogP contribution is 2.53. The van der Waals surface area contributed by atoms with Crippen molar-refractivity contribution in [2.75, 3.05) is 0 Å². The summed E-state index contributed by atoms with van der Waals surface area (Å²) in [5, 5.41) is 1.01. The zero-order valence-corrected chi connectivity index (χ0v) is 26.6. The Morgan fingerprint density at radius 1 is 0.409 bits per heavy atom. The summed E-state index contributed by atoms with van der Waals surface area (Å²) in [6.45, 7) is 13.6. The number of allylic oxidation sites excluding steroid dienone is 8. The minimum atomic E-state index is -1.55. The lowest BCUT2D eigenvalue weighted by Crippen LogP contribution is -2.56. The van der Waals surface area contributed by atoms with Gasteiger partial charge in [0, 0.05) is 0 Å². The predicted molar refractivity (Wildman–Crippen MR) is 168 cm³/mol. The maximum atomic E-state index is 13.9. The Morgan fingerprint density at radius 2 is 0.568 bits per heavy atom. The first-order valence-corrected chi connectivity index (χ1v) is 14.4. The summed E-state index contributed by atoms with van der Waals surface area (Å²) in [5.41, 5.74) is -1.97. The van der Waals surface area contributed by atoms with Gasteiger partial charge in [0.25, 0.3) is 23.6 Å². The maximum Gasteiger partial charge on any atom is 0.330 e. The maximum absolute atomic E-state index is 13.9. The molecule has 2 aliphatic rings. The second kappa shape index (κ2) is 14.1. The first kappa shape index (κ1) is 35.3. The number of carbonyl (C=O) groups is 6. The zero-order valence-electron chi connectivity index (χ0n) is 26.6. The van der Waals surface area contributed by atoms with Crippen LogP contribution in [0, 0.1) is 21.7 Å². The van der Waals surface area contributed by atoms with E-state index in [0.29, 0.717) is 10.0 Å². The second-order valence-electron chi connectivity index (χ2n) is 10.2. The van der Waals surface area contributed by atoms with Crippen molar-refractivity contribution in [3.63, 3.8) is 0 Å². The summed E-state index contributed by atoms with van der Waals surface area (Å²) in [6, 6.07) is 0. The van der Waals surface area contributed by atoms with Crippen LogP contribution in [0.15, 0.2) is 97.2 Å². The summed E-state index contributed by atoms with van der Waals surface area (Å²) in [5.74, 6) is -6.07. The monoisotopic (exact) mass is 602 g/mol. The largest absolute Gasteiger partial charge is 0.330 e. The second-order valence-corrected chi connectivity index (χ2v) is 10.2. The van der Waals surface area contributed by atoms with Crippen LogP contribution in [0.2, 0.25) is 0 Å². The number of hydrazine groups is 2. The van der Waals surface area contributed by atoms with Gasteiger partial charge in [0.15, 0.2) is 0 Å². The minimum absolute atomic E-state index is 0.503. The van der Waals surface area contributed by atoms with Gasteiger partial charge in [-0.25, -0.2) is 10.9 Å². The van der Waals surface area contributed by atoms with Crippen molar-refractivity contribution in [1.29, 1.82) is 0 Å². The summed E-state index contributed by atoms with van der Waals surface area (Å²) < 4.78 is 0. The molecule has 2 fully saturated rings. The van der Waals surface area contributed by atoms with Crippen LogP contribution in [0.5, 0.6) is 0 Å². The fourth-order valence-electron chi connectivity index (χ4n) is 6.14. The van der Waals surface area contributed by atoms with Gasteiger partial charge in [0.1, 0.15) is 21.7 Å². The number of nitrogens with one attached hydrogen (secondary N) is 2. The number of nitrogens with zero attached hydrogens (tertiary/aromatic N) is 2. The van der Waals surface area contributed by atoms with Crippen molar-refractivity contribution in [1.82, 2.24) is 20.9 Å². The molecular formula is C34H42N4O6. The Hall–Kier alpha value is -4.86. The summed E-state index contributed by atoms with van der Waals surface area (Å²) in [4.78, 5) is 82.0. The molecule has 2 aliphatic heterocycles. The molecule has 10 nitrogen and oxygen atoms in total. The zero-order chi connectivity index (χ0) is 33.3. The molecule has 10 heteroatoms. The number of hydrogen-bond acceptors (Lipinski definition) is 6. The van der Waals surface area contributed by atoms with Crippen LogP contribution in [-0.4, -0.2) is 45.5 Å². The number of imide groups is 2. The van der Waals surface area contributed by atoms with Crippen LogP contribution >= 0.6 is 0 Å². The molecule has 0 bridgehead atoms. The van der Waals surface area contributed by atoms with Gasteiger partial charge < -0.3 is 0 Å². The van der Waals surface area contributed by atoms with E-state index in [4.69, 9.17) is 0 Å². The topological polar surface area (TPSA) is 133 Å². The molecule has 234 valence electrons. The molecule has 2 heterocycles. The molecule has 0 spiro atoms. The molecule has 0 saturated carbocycles. The molecule has 0 aliphatic carbocycles. The Labute approximate surface area is 259 Å². The molecule has 2 saturated heterocycles. The lowest BCUT2D eigenvalue weighted by molar-refractivity contribution is -0.157. The number of carbonyl (C=O) groups excluding carboxylic acids is 6. The third-order valence-corrected chi connectivity index (χ3v) is 7.67. The minimum Gasteiger partial charge on any atom is -0.271 e. The Morgan fingerprint density at radius 3 is 0.705 bits per heavy atom. The van der Waals surface area contributed by atoms with Crippen LogP contribution in [-0.2, 0) is 28.8 Å². The van der Waals surface area contributed by atoms with Crippen molar-refractivity contribution < 1.29 is 28.8 Å². The fourth-order valence-corrected chi connectivity index (χ4v) is 6.14. The van der Waals surface area contributed by atoms with Crippen molar-refractivity contribution >= 4 is 35.4 Å². The SMILES string of the molecule is CC=CC1(C=CC)C(=O)N(NC(=O)C(=O)NN2C(=O)C(C=CC)(C=CC)C(C=CC)(C=CC)C2=O)C(=O)C1(C=CC)C=CC. The van der Waals surface area contributed by atoms with Crippen LogP contribution < -0.4 is 10.9 Å². The third kappa shape index (κ3) is 5.14. The molecule has 0 radical (unpaired) electrons. The molecule has 6 amide bonds. The standard InChI is InChI=1S/C34H42N4O6/c1-9-17-31(18-10-2)27(41)37(28(42)32(31,19-11-3)20-12-4)35-25(39)26(40)36-38-29(43)33(21-13-5,22-14-6)34(23-15-7,24-16-8)30(38)44/h9-24H,1-8H3,(H,35,39)(H,36,40). The molecule has 0 aromatic heterocycles. The average molecular weight is 603 g/mol. The number of hydrogen-bond donors (Lipinski definition) is 2. The van der Waals surface area contributed by atoms with E-state index >= 15 is 0 Å². The third-order valence-electron chi connectivity index (χ3n) is 7.67. The van der Waals surface area contributed by atoms with E-state index < -0.39 is 57.1 Å². The molecule has 2 N–H and O–H groups in total. The van der Waals surface area contributed by atoms with Crippen molar-refractivity contribution in [3.05, 3.63) is 97.2 Å². The smallest absolute Gasteiger partial charge is 0.271 e. The van der Waals surface area contributed by atoms with Crippen molar-refractivity contribution in [2.24, 2.45) is 21.7 Å². The molecular weight excluding hydrogens is 560 g/mol. The van der Waals surface area contributed by atoms with E-state index in [1.807, 2.05) is 0 Å². The molecule has 0 aromatic carbocycles. The van der Waals surface area contributed by atoms with Crippen LogP contribution in [0.3, 0.4) is 0 Å². The molecule has 0 unspecified atom stereocenters. The van der Waals surface area contributed by atoms with Crippen LogP contribution in [0.1, 0.15) is 55.4 Å². The van der Waals surface area contributed by atoms with Crippen molar-refractivity contribution in [2.45, 2.75) is 55.4 Å². The van der Waals surface area contributed by atoms with Gasteiger partial charge in [-0.2, -0.15) is 10.0 Å². The molecule has 44 heavy (non-hydrogen) atoms. The quantitative estimate of drug-likeness (QED) is 0.217. The van der Waals surface area contributed by atoms with Gasteiger partial charge in [-0.3, -0.25) is 28.8 Å². The van der Waals surface area contributed by atoms with E-state index in [9.17, 15) is 28.8 Å². The van der Waals surface area contributed by atoms with E-state index in [-0.39, 0.29) is 0 Å². The van der Waals surface area contributed by atoms with E-state index in [1.165, 1.54) is 0 Å². The van der Waals surface area contributed by atoms with Gasteiger partial charge in [0.2, 0.25) is 0 Å². The first-order valence-electron chi connectivity index (χ1n) is 14.4. The Bertz CT molecular complexity index is 1190. The van der Waals surface area contributed by atoms with E-state index in [2.05, 4.69) is 10.9 Å². The lowest BCUT2D eigenvalue weighted by Gasteiger charge is -2.33. The van der Waals surface area contributed by atoms with Gasteiger partial charge in [-0.1, -0.05) is 97.2 Å². The summed E-state index contributed by atoms with van der Waals surface area (Å²) in [7, 11) is 0. The van der Waals surface area contributed by atoms with E-state index in [0.717, 1.165) is 0 Å². The van der Waals surface area contributed by atoms with Crippen LogP contribution in [0.4, 0.5) is 0 Å². The van der Waals surface area contributed by atoms with Gasteiger partial charge in [-0.15, -0.1) is 0 Å². The molecule has 2 rings (SSSR count). The van der Waals surface area contributed by atoms with Crippen LogP contribution in [0.25, 0.3) is 0 Å². The number of amides is 6. The summed E-state index contributed by atoms with van der Waals surface area (Å²) in [6.07, 6.45) is 25.5. The average Bonchev–Trinajstić information content (AvgIpc) is 3.23. The summed E-state index contributed by atoms with van der Waals surface area (Å²) >= 11 is 0. The predicted octanol–water partition coefficient (Wildman–Crippen LogP) is 4.34. The Kier molecular flexibility index (Phi) is 11.3. The van der Waals surface area contributed by atoms with Gasteiger partial charge in [-0.05, 0) is 55.4 Å². The van der Waals surface area contributed by atoms with Gasteiger partial charge >= 0.3 is 11.8 Å². The lowest BCUT2D eigenvalue weighted by atomic mass is 9.63. The fraction of sp³-hybridized carbons (Fsp3) is 0.353. The highest BCUT2D eigenvalue weighted by molar-refractivity contribution is 6.36. The van der Waals surface area contributed by atoms with Crippen molar-refractivity contribution in [3.8, 4) is 0 Å².